The Kier molecular flexibility index (Phi) is 11.2. The molecule has 4 aromatic carbocycles. The molecule has 152 valence electrons. The van der Waals surface area contributed by atoms with Crippen molar-refractivity contribution in [3.05, 3.63) is 121 Å². The van der Waals surface area contributed by atoms with Gasteiger partial charge >= 0.3 is 27.3 Å². The molecule has 0 radical (unpaired) electrons. The standard InChI is InChI=1S/2C12H11PS2.Cd/c2*14-13(15,11-7-3-1-4-8-11)12-9-5-2-6-10-12;/h2*1-10H,(H,14,15);/q;;+2/p-2. The molecule has 0 aliphatic carbocycles. The minimum absolute atomic E-state index is 0. The van der Waals surface area contributed by atoms with Gasteiger partial charge in [-0.1, -0.05) is 121 Å². The van der Waals surface area contributed by atoms with E-state index in [1.165, 1.54) is 0 Å². The molecule has 0 fully saturated rings. The molecule has 7 heteroatoms. The summed E-state index contributed by atoms with van der Waals surface area (Å²) in [4.78, 5) is 0. The van der Waals surface area contributed by atoms with E-state index < -0.39 is 10.5 Å². The fourth-order valence-electron chi connectivity index (χ4n) is 2.80. The maximum atomic E-state index is 5.60. The first-order chi connectivity index (χ1) is 14.4. The largest absolute Gasteiger partial charge is 2.00 e. The van der Waals surface area contributed by atoms with E-state index in [-0.39, 0.29) is 27.3 Å². The summed E-state index contributed by atoms with van der Waals surface area (Å²) in [7, 11) is 0. The monoisotopic (exact) mass is 612 g/mol. The predicted molar refractivity (Wildman–Crippen MR) is 148 cm³/mol. The van der Waals surface area contributed by atoms with E-state index in [9.17, 15) is 0 Å². The zero-order valence-electron chi connectivity index (χ0n) is 16.8. The van der Waals surface area contributed by atoms with E-state index >= 15 is 0 Å². The average molecular weight is 611 g/mol. The van der Waals surface area contributed by atoms with Gasteiger partial charge in [-0.05, 0) is 21.2 Å². The summed E-state index contributed by atoms with van der Waals surface area (Å²) in [6.07, 6.45) is 0. The van der Waals surface area contributed by atoms with Crippen LogP contribution in [0.2, 0.25) is 0 Å². The minimum Gasteiger partial charge on any atom is -0.738 e. The molecule has 0 nitrogen and oxygen atoms in total. The molecule has 4 rings (SSSR count). The van der Waals surface area contributed by atoms with Gasteiger partial charge in [-0.15, -0.1) is 34.1 Å². The van der Waals surface area contributed by atoms with Crippen LogP contribution in [0.5, 0.6) is 0 Å². The second-order valence-corrected chi connectivity index (χ2v) is 18.7. The van der Waals surface area contributed by atoms with E-state index in [0.717, 1.165) is 21.2 Å². The van der Waals surface area contributed by atoms with Crippen molar-refractivity contribution in [2.45, 2.75) is 0 Å². The third kappa shape index (κ3) is 7.40. The summed E-state index contributed by atoms with van der Waals surface area (Å²) in [5.41, 5.74) is 0. The summed E-state index contributed by atoms with van der Waals surface area (Å²) in [5, 5.41) is 0.432. The van der Waals surface area contributed by atoms with Crippen LogP contribution >= 0.6 is 10.5 Å². The summed E-state index contributed by atoms with van der Waals surface area (Å²) in [6, 6.07) is 40.1. The van der Waals surface area contributed by atoms with Gasteiger partial charge in [0.1, 0.15) is 0 Å². The summed E-state index contributed by atoms with van der Waals surface area (Å²) >= 11 is 22.4. The molecule has 0 saturated heterocycles. The molecule has 0 spiro atoms. The van der Waals surface area contributed by atoms with Crippen LogP contribution in [0, 0.1) is 0 Å². The van der Waals surface area contributed by atoms with E-state index in [2.05, 4.69) is 0 Å². The molecule has 0 amide bonds. The quantitative estimate of drug-likeness (QED) is 0.178. The molecule has 4 aromatic rings. The SMILES string of the molecule is S=P([S-])(c1ccccc1)c1ccccc1.S=P([S-])(c1ccccc1)c1ccccc1.[Cd+2]. The van der Waals surface area contributed by atoms with Crippen LogP contribution in [0.25, 0.3) is 0 Å². The van der Waals surface area contributed by atoms with Crippen molar-refractivity contribution in [1.82, 2.24) is 0 Å². The van der Waals surface area contributed by atoms with Gasteiger partial charge in [-0.3, -0.25) is 0 Å². The molecule has 0 N–H and O–H groups in total. The van der Waals surface area contributed by atoms with E-state index in [1.54, 1.807) is 0 Å². The van der Waals surface area contributed by atoms with Crippen LogP contribution in [-0.2, 0) is 75.4 Å². The van der Waals surface area contributed by atoms with Gasteiger partial charge in [0.25, 0.3) is 0 Å². The fraction of sp³-hybridized carbons (Fsp3) is 0. The Morgan fingerprint density at radius 3 is 0.710 bits per heavy atom. The second kappa shape index (κ2) is 12.9. The van der Waals surface area contributed by atoms with Crippen LogP contribution in [0.3, 0.4) is 0 Å². The molecule has 0 aliphatic rings. The summed E-state index contributed by atoms with van der Waals surface area (Å²) < 4.78 is 0. The zero-order chi connectivity index (χ0) is 21.5. The number of rotatable bonds is 4. The molecule has 0 unspecified atom stereocenters. The Morgan fingerprint density at radius 1 is 0.387 bits per heavy atom. The number of benzene rings is 4. The van der Waals surface area contributed by atoms with Crippen molar-refractivity contribution in [3.63, 3.8) is 0 Å². The second-order valence-electron chi connectivity index (χ2n) is 6.45. The molecule has 0 aromatic heterocycles. The van der Waals surface area contributed by atoms with E-state index in [0.29, 0.717) is 0 Å². The van der Waals surface area contributed by atoms with Crippen molar-refractivity contribution in [2.24, 2.45) is 0 Å². The topological polar surface area (TPSA) is 0 Å². The van der Waals surface area contributed by atoms with Gasteiger partial charge in [0.15, 0.2) is 0 Å². The van der Waals surface area contributed by atoms with E-state index in [4.69, 9.17) is 48.1 Å². The Balaban J connectivity index is 0.000000213. The molecule has 0 aliphatic heterocycles. The van der Waals surface area contributed by atoms with Gasteiger partial charge in [-0.25, -0.2) is 0 Å². The average Bonchev–Trinajstić information content (AvgIpc) is 2.82. The molecular formula is C24H20CdP2S4. The molecule has 0 heterocycles. The molecule has 0 bridgehead atoms. The van der Waals surface area contributed by atoms with Crippen LogP contribution in [0.15, 0.2) is 121 Å². The van der Waals surface area contributed by atoms with Crippen molar-refractivity contribution < 1.29 is 27.3 Å². The first-order valence-electron chi connectivity index (χ1n) is 9.27. The Bertz CT molecular complexity index is 973. The smallest absolute Gasteiger partial charge is 0.738 e. The maximum absolute atomic E-state index is 5.60. The van der Waals surface area contributed by atoms with Crippen LogP contribution in [0.4, 0.5) is 0 Å². The fourth-order valence-corrected chi connectivity index (χ4v) is 8.57. The van der Waals surface area contributed by atoms with Gasteiger partial charge in [0, 0.05) is 0 Å². The van der Waals surface area contributed by atoms with Crippen molar-refractivity contribution in [1.29, 1.82) is 0 Å². The maximum Gasteiger partial charge on any atom is 2.00 e. The van der Waals surface area contributed by atoms with E-state index in [1.807, 2.05) is 121 Å². The van der Waals surface area contributed by atoms with Gasteiger partial charge in [0.05, 0.1) is 0 Å². The van der Waals surface area contributed by atoms with Crippen molar-refractivity contribution in [2.75, 3.05) is 0 Å². The normalized spacial score (nSPS) is 10.9. The third-order valence-corrected chi connectivity index (χ3v) is 13.4. The summed E-state index contributed by atoms with van der Waals surface area (Å²) in [6.45, 7) is 0. The van der Waals surface area contributed by atoms with Crippen molar-refractivity contribution >= 4 is 79.8 Å². The first-order valence-corrected chi connectivity index (χ1v) is 16.9. The zero-order valence-corrected chi connectivity index (χ0v) is 25.9. The van der Waals surface area contributed by atoms with Gasteiger partial charge in [-0.2, -0.15) is 0 Å². The Labute approximate surface area is 226 Å². The number of hydrogen-bond acceptors (Lipinski definition) is 4. The summed E-state index contributed by atoms with van der Waals surface area (Å²) in [5.74, 6) is 0. The Morgan fingerprint density at radius 2 is 0.548 bits per heavy atom. The van der Waals surface area contributed by atoms with Gasteiger partial charge < -0.3 is 24.5 Å². The minimum atomic E-state index is -1.98. The van der Waals surface area contributed by atoms with Crippen LogP contribution in [0.1, 0.15) is 0 Å². The van der Waals surface area contributed by atoms with Crippen LogP contribution < -0.4 is 21.2 Å². The van der Waals surface area contributed by atoms with Crippen LogP contribution in [-0.4, -0.2) is 0 Å². The molecule has 0 saturated carbocycles. The molecular weight excluding hydrogens is 591 g/mol. The predicted octanol–water partition coefficient (Wildman–Crippen LogP) is 5.16. The third-order valence-electron chi connectivity index (χ3n) is 4.38. The molecule has 31 heavy (non-hydrogen) atoms. The van der Waals surface area contributed by atoms with Crippen molar-refractivity contribution in [3.8, 4) is 0 Å². The Hall–Kier alpha value is -0.198. The molecule has 0 atom stereocenters. The number of hydrogen-bond donors (Lipinski definition) is 0. The first kappa shape index (κ1) is 27.0. The van der Waals surface area contributed by atoms with Gasteiger partial charge in [0.2, 0.25) is 0 Å².